The van der Waals surface area contributed by atoms with Gasteiger partial charge in [0, 0.05) is 12.6 Å². The summed E-state index contributed by atoms with van der Waals surface area (Å²) in [4.78, 5) is 0. The zero-order valence-corrected chi connectivity index (χ0v) is 11.2. The Morgan fingerprint density at radius 2 is 1.94 bits per heavy atom. The summed E-state index contributed by atoms with van der Waals surface area (Å²) in [6.45, 7) is 4.68. The van der Waals surface area contributed by atoms with E-state index in [1.165, 1.54) is 57.9 Å². The molecule has 2 nitrogen and oxygen atoms in total. The molecule has 2 saturated heterocycles. The molecule has 0 bridgehead atoms. The van der Waals surface area contributed by atoms with Crippen LogP contribution < -0.4 is 5.32 Å². The topological polar surface area (TPSA) is 21.3 Å². The second kappa shape index (κ2) is 4.89. The van der Waals surface area contributed by atoms with Crippen LogP contribution >= 0.6 is 0 Å². The van der Waals surface area contributed by atoms with Crippen molar-refractivity contribution in [3.8, 4) is 0 Å². The van der Waals surface area contributed by atoms with Gasteiger partial charge in [-0.05, 0) is 56.9 Å². The van der Waals surface area contributed by atoms with E-state index in [0.29, 0.717) is 5.60 Å². The van der Waals surface area contributed by atoms with Crippen LogP contribution in [0.25, 0.3) is 0 Å². The van der Waals surface area contributed by atoms with Crippen molar-refractivity contribution in [3.63, 3.8) is 0 Å². The van der Waals surface area contributed by atoms with Crippen molar-refractivity contribution in [3.05, 3.63) is 0 Å². The van der Waals surface area contributed by atoms with E-state index in [-0.39, 0.29) is 0 Å². The van der Waals surface area contributed by atoms with Crippen LogP contribution in [0.4, 0.5) is 0 Å². The van der Waals surface area contributed by atoms with Crippen LogP contribution in [0.3, 0.4) is 0 Å². The summed E-state index contributed by atoms with van der Waals surface area (Å²) in [6, 6.07) is 0.769. The maximum atomic E-state index is 6.15. The van der Waals surface area contributed by atoms with Gasteiger partial charge >= 0.3 is 0 Å². The quantitative estimate of drug-likeness (QED) is 0.756. The van der Waals surface area contributed by atoms with Gasteiger partial charge in [0.05, 0.1) is 5.60 Å². The minimum atomic E-state index is 0.293. The smallest absolute Gasteiger partial charge is 0.0685 e. The Labute approximate surface area is 105 Å². The van der Waals surface area contributed by atoms with Crippen molar-refractivity contribution in [2.24, 2.45) is 11.8 Å². The van der Waals surface area contributed by atoms with Gasteiger partial charge in [0.15, 0.2) is 0 Å². The average Bonchev–Trinajstić information content (AvgIpc) is 2.78. The van der Waals surface area contributed by atoms with Crippen LogP contribution in [0.2, 0.25) is 0 Å². The highest BCUT2D eigenvalue weighted by Crippen LogP contribution is 2.44. The molecule has 3 atom stereocenters. The highest BCUT2D eigenvalue weighted by Gasteiger charge is 2.43. The fourth-order valence-electron chi connectivity index (χ4n) is 4.44. The van der Waals surface area contributed by atoms with Gasteiger partial charge in [-0.25, -0.2) is 0 Å². The third-order valence-corrected chi connectivity index (χ3v) is 5.38. The van der Waals surface area contributed by atoms with Gasteiger partial charge in [-0.1, -0.05) is 19.8 Å². The normalized spacial score (nSPS) is 41.8. The second-order valence-corrected chi connectivity index (χ2v) is 6.59. The maximum Gasteiger partial charge on any atom is 0.0685 e. The Kier molecular flexibility index (Phi) is 3.45. The van der Waals surface area contributed by atoms with Gasteiger partial charge in [0.1, 0.15) is 0 Å². The van der Waals surface area contributed by atoms with Gasteiger partial charge in [-0.15, -0.1) is 0 Å². The van der Waals surface area contributed by atoms with Crippen LogP contribution in [-0.4, -0.2) is 24.8 Å². The van der Waals surface area contributed by atoms with Gasteiger partial charge in [0.25, 0.3) is 0 Å². The Hall–Kier alpha value is -0.0800. The standard InChI is InChI=1S/C15H27NO/c1-12-5-4-9-16-14(12)13-6-10-17-15(11-13)7-2-3-8-15/h12-14,16H,2-11H2,1H3. The predicted octanol–water partition coefficient (Wildman–Crippen LogP) is 3.11. The average molecular weight is 237 g/mol. The third-order valence-electron chi connectivity index (χ3n) is 5.38. The van der Waals surface area contributed by atoms with Crippen LogP contribution in [-0.2, 0) is 4.74 Å². The van der Waals surface area contributed by atoms with E-state index in [0.717, 1.165) is 24.5 Å². The fourth-order valence-corrected chi connectivity index (χ4v) is 4.44. The van der Waals surface area contributed by atoms with Gasteiger partial charge in [-0.3, -0.25) is 0 Å². The zero-order valence-electron chi connectivity index (χ0n) is 11.2. The van der Waals surface area contributed by atoms with Crippen molar-refractivity contribution in [1.82, 2.24) is 5.32 Å². The van der Waals surface area contributed by atoms with Crippen LogP contribution in [0.1, 0.15) is 58.3 Å². The molecular weight excluding hydrogens is 210 g/mol. The van der Waals surface area contributed by atoms with E-state index in [4.69, 9.17) is 4.74 Å². The van der Waals surface area contributed by atoms with Crippen LogP contribution in [0.5, 0.6) is 0 Å². The molecule has 1 saturated carbocycles. The molecular formula is C15H27NO. The van der Waals surface area contributed by atoms with Crippen LogP contribution in [0, 0.1) is 11.8 Å². The lowest BCUT2D eigenvalue weighted by Gasteiger charge is -2.44. The predicted molar refractivity (Wildman–Crippen MR) is 70.1 cm³/mol. The summed E-state index contributed by atoms with van der Waals surface area (Å²) in [7, 11) is 0. The summed E-state index contributed by atoms with van der Waals surface area (Å²) in [5, 5.41) is 3.79. The molecule has 0 amide bonds. The minimum Gasteiger partial charge on any atom is -0.375 e. The Bertz CT molecular complexity index is 260. The summed E-state index contributed by atoms with van der Waals surface area (Å²) in [5.41, 5.74) is 0.293. The molecule has 0 radical (unpaired) electrons. The molecule has 2 heteroatoms. The lowest BCUT2D eigenvalue weighted by atomic mass is 9.75. The van der Waals surface area contributed by atoms with Gasteiger partial charge in [-0.2, -0.15) is 0 Å². The summed E-state index contributed by atoms with van der Waals surface area (Å²) < 4.78 is 6.15. The highest BCUT2D eigenvalue weighted by molar-refractivity contribution is 4.96. The molecule has 2 heterocycles. The first-order chi connectivity index (χ1) is 8.29. The molecule has 98 valence electrons. The molecule has 3 aliphatic rings. The lowest BCUT2D eigenvalue weighted by Crippen LogP contribution is -2.50. The van der Waals surface area contributed by atoms with Crippen molar-refractivity contribution < 1.29 is 4.74 Å². The Morgan fingerprint density at radius 1 is 1.12 bits per heavy atom. The van der Waals surface area contributed by atoms with E-state index >= 15 is 0 Å². The molecule has 3 rings (SSSR count). The number of piperidine rings is 1. The largest absolute Gasteiger partial charge is 0.375 e. The molecule has 1 aliphatic carbocycles. The van der Waals surface area contributed by atoms with Crippen molar-refractivity contribution in [2.75, 3.05) is 13.2 Å². The number of hydrogen-bond acceptors (Lipinski definition) is 2. The fraction of sp³-hybridized carbons (Fsp3) is 1.00. The second-order valence-electron chi connectivity index (χ2n) is 6.59. The van der Waals surface area contributed by atoms with Gasteiger partial charge in [0.2, 0.25) is 0 Å². The number of ether oxygens (including phenoxy) is 1. The maximum absolute atomic E-state index is 6.15. The molecule has 17 heavy (non-hydrogen) atoms. The Morgan fingerprint density at radius 3 is 2.71 bits per heavy atom. The van der Waals surface area contributed by atoms with Crippen molar-refractivity contribution in [2.45, 2.75) is 69.9 Å². The molecule has 2 aliphatic heterocycles. The summed E-state index contributed by atoms with van der Waals surface area (Å²) in [5.74, 6) is 1.74. The highest BCUT2D eigenvalue weighted by atomic mass is 16.5. The lowest BCUT2D eigenvalue weighted by molar-refractivity contribution is -0.102. The first-order valence-electron chi connectivity index (χ1n) is 7.66. The van der Waals surface area contributed by atoms with Gasteiger partial charge < -0.3 is 10.1 Å². The molecule has 0 aromatic carbocycles. The van der Waals surface area contributed by atoms with E-state index in [9.17, 15) is 0 Å². The number of nitrogens with one attached hydrogen (secondary N) is 1. The van der Waals surface area contributed by atoms with E-state index in [1.54, 1.807) is 0 Å². The van der Waals surface area contributed by atoms with Crippen molar-refractivity contribution >= 4 is 0 Å². The SMILES string of the molecule is CC1CCCNC1C1CCOC2(CCCC2)C1. The molecule has 0 aromatic heterocycles. The summed E-state index contributed by atoms with van der Waals surface area (Å²) >= 11 is 0. The molecule has 0 aromatic rings. The molecule has 3 unspecified atom stereocenters. The molecule has 1 spiro atoms. The van der Waals surface area contributed by atoms with E-state index in [1.807, 2.05) is 0 Å². The van der Waals surface area contributed by atoms with Crippen LogP contribution in [0.15, 0.2) is 0 Å². The minimum absolute atomic E-state index is 0.293. The monoisotopic (exact) mass is 237 g/mol. The zero-order chi connectivity index (χ0) is 11.7. The number of rotatable bonds is 1. The van der Waals surface area contributed by atoms with Crippen molar-refractivity contribution in [1.29, 1.82) is 0 Å². The first-order valence-corrected chi connectivity index (χ1v) is 7.66. The third kappa shape index (κ3) is 2.39. The molecule has 3 fully saturated rings. The van der Waals surface area contributed by atoms with E-state index in [2.05, 4.69) is 12.2 Å². The molecule has 1 N–H and O–H groups in total. The first kappa shape index (κ1) is 12.0. The Balaban J connectivity index is 1.66. The summed E-state index contributed by atoms with van der Waals surface area (Å²) in [6.07, 6.45) is 10.8. The van der Waals surface area contributed by atoms with E-state index < -0.39 is 0 Å². The number of hydrogen-bond donors (Lipinski definition) is 1.